The van der Waals surface area contributed by atoms with Crippen molar-refractivity contribution >= 4 is 39.7 Å². The molecule has 0 aromatic heterocycles. The van der Waals surface area contributed by atoms with E-state index in [1.165, 1.54) is 6.92 Å². The summed E-state index contributed by atoms with van der Waals surface area (Å²) in [6, 6.07) is 9.32. The summed E-state index contributed by atoms with van der Waals surface area (Å²) in [5.41, 5.74) is -0.997. The first-order valence-electron chi connectivity index (χ1n) is 9.12. The molecule has 0 aliphatic carbocycles. The van der Waals surface area contributed by atoms with Gasteiger partial charge in [0.2, 0.25) is 0 Å². The van der Waals surface area contributed by atoms with Crippen LogP contribution < -0.4 is 4.74 Å². The van der Waals surface area contributed by atoms with Crippen LogP contribution in [0, 0.1) is 10.8 Å². The maximum atomic E-state index is 12.2. The average Bonchev–Trinajstić information content (AvgIpc) is 2.49. The van der Waals surface area contributed by atoms with Crippen LogP contribution >= 0.6 is 0 Å². The van der Waals surface area contributed by atoms with Crippen molar-refractivity contribution < 1.29 is 27.2 Å². The Morgan fingerprint density at radius 1 is 1.00 bits per heavy atom. The van der Waals surface area contributed by atoms with Crippen LogP contribution in [0.1, 0.15) is 54.9 Å². The molecule has 1 aromatic carbocycles. The molecule has 2 unspecified atom stereocenters. The Bertz CT molecular complexity index is 684. The summed E-state index contributed by atoms with van der Waals surface area (Å²) in [6.07, 6.45) is -0.310. The quantitative estimate of drug-likeness (QED) is 0.263. The molecule has 8 heteroatoms. The van der Waals surface area contributed by atoms with Crippen molar-refractivity contribution in [1.29, 1.82) is 0 Å². The average molecular weight is 426 g/mol. The van der Waals surface area contributed by atoms with E-state index >= 15 is 0 Å². The Labute approximate surface area is 192 Å². The van der Waals surface area contributed by atoms with Gasteiger partial charge < -0.3 is 14.2 Å². The summed E-state index contributed by atoms with van der Waals surface area (Å²) in [4.78, 5) is -1.81. The molecule has 157 valence electrons. The number of rotatable bonds is 10. The molecule has 0 aliphatic rings. The first-order valence-corrected chi connectivity index (χ1v) is 10.6. The van der Waals surface area contributed by atoms with E-state index in [0.717, 1.165) is 5.75 Å². The third kappa shape index (κ3) is 8.30. The third-order valence-corrected chi connectivity index (χ3v) is 6.17. The van der Waals surface area contributed by atoms with Gasteiger partial charge in [0, 0.05) is 35.0 Å². The molecule has 28 heavy (non-hydrogen) atoms. The summed E-state index contributed by atoms with van der Waals surface area (Å²) < 4.78 is 51.1. The summed E-state index contributed by atoms with van der Waals surface area (Å²) >= 11 is 0. The van der Waals surface area contributed by atoms with Gasteiger partial charge in [-0.3, -0.25) is 4.55 Å². The molecule has 2 atom stereocenters. The summed E-state index contributed by atoms with van der Waals surface area (Å²) in [5, 5.41) is 0. The first-order chi connectivity index (χ1) is 12.2. The van der Waals surface area contributed by atoms with Gasteiger partial charge in [-0.05, 0) is 37.8 Å². The van der Waals surface area contributed by atoms with E-state index in [-0.39, 0.29) is 41.6 Å². The molecule has 0 saturated carbocycles. The largest absolute Gasteiger partial charge is 0.491 e. The Balaban J connectivity index is 0.00000729. The van der Waals surface area contributed by atoms with Gasteiger partial charge in [-0.2, -0.15) is 8.42 Å². The van der Waals surface area contributed by atoms with E-state index in [2.05, 4.69) is 0 Å². The second-order valence-electron chi connectivity index (χ2n) is 8.76. The van der Waals surface area contributed by atoms with Crippen LogP contribution in [0.3, 0.4) is 0 Å². The van der Waals surface area contributed by atoms with E-state index in [4.69, 9.17) is 14.2 Å². The van der Waals surface area contributed by atoms with Crippen molar-refractivity contribution in [2.75, 3.05) is 13.2 Å². The second kappa shape index (κ2) is 10.8. The van der Waals surface area contributed by atoms with Crippen molar-refractivity contribution in [3.05, 3.63) is 30.3 Å². The maximum absolute atomic E-state index is 12.2. The SMILES string of the molecule is CC(OCCOc1ccccc1)OC(C)(C(C)(C)CC(C)(C)C)S(=O)(=O)O.[Na]. The monoisotopic (exact) mass is 425 g/mol. The van der Waals surface area contributed by atoms with Crippen LogP contribution in [0.15, 0.2) is 30.3 Å². The molecular formula is C20H34NaO6S. The van der Waals surface area contributed by atoms with E-state index in [1.807, 2.05) is 51.1 Å². The van der Waals surface area contributed by atoms with E-state index < -0.39 is 26.8 Å². The van der Waals surface area contributed by atoms with Crippen molar-refractivity contribution in [2.45, 2.75) is 66.1 Å². The van der Waals surface area contributed by atoms with Gasteiger partial charge in [0.05, 0.1) is 6.61 Å². The molecular weight excluding hydrogens is 391 g/mol. The molecule has 0 aliphatic heterocycles. The predicted molar refractivity (Wildman–Crippen MR) is 112 cm³/mol. The van der Waals surface area contributed by atoms with Crippen LogP contribution in [0.5, 0.6) is 5.75 Å². The van der Waals surface area contributed by atoms with Gasteiger partial charge in [-0.15, -0.1) is 0 Å². The number of para-hydroxylation sites is 1. The zero-order valence-corrected chi connectivity index (χ0v) is 21.3. The zero-order valence-electron chi connectivity index (χ0n) is 18.5. The van der Waals surface area contributed by atoms with Crippen LogP contribution in [0.25, 0.3) is 0 Å². The fraction of sp³-hybridized carbons (Fsp3) is 0.700. The van der Waals surface area contributed by atoms with Crippen molar-refractivity contribution in [3.63, 3.8) is 0 Å². The van der Waals surface area contributed by atoms with Crippen molar-refractivity contribution in [2.24, 2.45) is 10.8 Å². The Morgan fingerprint density at radius 3 is 2.00 bits per heavy atom. The minimum atomic E-state index is -4.50. The topological polar surface area (TPSA) is 82.1 Å². The fourth-order valence-electron chi connectivity index (χ4n) is 3.30. The first kappa shape index (κ1) is 27.8. The fourth-order valence-corrected chi connectivity index (χ4v) is 4.32. The molecule has 1 N–H and O–H groups in total. The summed E-state index contributed by atoms with van der Waals surface area (Å²) in [7, 11) is -4.50. The normalized spacial score (nSPS) is 16.0. The van der Waals surface area contributed by atoms with Crippen molar-refractivity contribution in [3.8, 4) is 5.75 Å². The van der Waals surface area contributed by atoms with Gasteiger partial charge in [0.1, 0.15) is 12.4 Å². The van der Waals surface area contributed by atoms with Crippen LogP contribution in [0.2, 0.25) is 0 Å². The molecule has 0 saturated heterocycles. The molecule has 1 radical (unpaired) electrons. The number of hydrogen-bond acceptors (Lipinski definition) is 5. The smallest absolute Gasteiger partial charge is 0.295 e. The van der Waals surface area contributed by atoms with Crippen molar-refractivity contribution in [1.82, 2.24) is 0 Å². The third-order valence-electron chi connectivity index (χ3n) is 4.53. The number of benzene rings is 1. The zero-order chi connectivity index (χ0) is 20.9. The van der Waals surface area contributed by atoms with Gasteiger partial charge >= 0.3 is 0 Å². The Hall–Kier alpha value is -0.150. The van der Waals surface area contributed by atoms with Gasteiger partial charge in [0.15, 0.2) is 11.2 Å². The minimum absolute atomic E-state index is 0. The maximum Gasteiger partial charge on any atom is 0.295 e. The minimum Gasteiger partial charge on any atom is -0.491 e. The molecule has 0 spiro atoms. The molecule has 0 heterocycles. The van der Waals surface area contributed by atoms with E-state index in [9.17, 15) is 13.0 Å². The number of hydrogen-bond donors (Lipinski definition) is 1. The Morgan fingerprint density at radius 2 is 1.54 bits per heavy atom. The molecule has 0 bridgehead atoms. The second-order valence-corrected chi connectivity index (χ2v) is 10.5. The molecule has 6 nitrogen and oxygen atoms in total. The number of ether oxygens (including phenoxy) is 3. The van der Waals surface area contributed by atoms with E-state index in [1.54, 1.807) is 20.8 Å². The predicted octanol–water partition coefficient (Wildman–Crippen LogP) is 4.13. The summed E-state index contributed by atoms with van der Waals surface area (Å²) in [6.45, 7) is 13.1. The van der Waals surface area contributed by atoms with Gasteiger partial charge in [0.25, 0.3) is 10.1 Å². The van der Waals surface area contributed by atoms with Crippen LogP contribution in [-0.2, 0) is 19.6 Å². The molecule has 0 fully saturated rings. The van der Waals surface area contributed by atoms with Crippen LogP contribution in [-0.4, -0.2) is 67.0 Å². The van der Waals surface area contributed by atoms with E-state index in [0.29, 0.717) is 13.0 Å². The van der Waals surface area contributed by atoms with Crippen LogP contribution in [0.4, 0.5) is 0 Å². The molecule has 1 aromatic rings. The van der Waals surface area contributed by atoms with Gasteiger partial charge in [-0.1, -0.05) is 52.8 Å². The molecule has 1 rings (SSSR count). The standard InChI is InChI=1S/C20H34O6S.Na/c1-16(24-13-14-25-17-11-9-8-10-12-17)26-20(7,27(21,22)23)19(5,6)15-18(2,3)4;/h8-12,16H,13-15H2,1-7H3,(H,21,22,23);. The Kier molecular flexibility index (Phi) is 10.7. The molecule has 0 amide bonds. The van der Waals surface area contributed by atoms with Gasteiger partial charge in [-0.25, -0.2) is 0 Å². The summed E-state index contributed by atoms with van der Waals surface area (Å²) in [5.74, 6) is 0.726.